The Kier molecular flexibility index (Phi) is 7.44. The highest BCUT2D eigenvalue weighted by Crippen LogP contribution is 2.50. The van der Waals surface area contributed by atoms with Gasteiger partial charge in [0.1, 0.15) is 11.9 Å². The molecule has 0 amide bonds. The van der Waals surface area contributed by atoms with E-state index < -0.39 is 38.7 Å². The van der Waals surface area contributed by atoms with Crippen molar-refractivity contribution in [2.24, 2.45) is 5.41 Å². The summed E-state index contributed by atoms with van der Waals surface area (Å²) in [6, 6.07) is 25.0. The number of rotatable bonds is 7. The van der Waals surface area contributed by atoms with Gasteiger partial charge in [0.05, 0.1) is 31.3 Å². The summed E-state index contributed by atoms with van der Waals surface area (Å²) in [6.45, 7) is 5.68. The smallest absolute Gasteiger partial charge is 0.261 e. The minimum absolute atomic E-state index is 0.151. The third-order valence-electron chi connectivity index (χ3n) is 7.61. The number of benzene rings is 3. The number of aliphatic hydroxyl groups excluding tert-OH is 4. The van der Waals surface area contributed by atoms with Crippen molar-refractivity contribution in [1.82, 2.24) is 0 Å². The zero-order valence-corrected chi connectivity index (χ0v) is 22.3. The second kappa shape index (κ2) is 10.1. The highest BCUT2D eigenvalue weighted by Gasteiger charge is 2.57. The highest BCUT2D eigenvalue weighted by molar-refractivity contribution is 6.99. The fourth-order valence-corrected chi connectivity index (χ4v) is 10.2. The van der Waals surface area contributed by atoms with Crippen LogP contribution in [0.2, 0.25) is 5.04 Å². The Morgan fingerprint density at radius 2 is 1.39 bits per heavy atom. The largest absolute Gasteiger partial charge is 0.497 e. The van der Waals surface area contributed by atoms with Crippen LogP contribution in [-0.2, 0) is 4.43 Å². The zero-order chi connectivity index (χ0) is 26.1. The van der Waals surface area contributed by atoms with Gasteiger partial charge in [0, 0.05) is 6.61 Å². The lowest BCUT2D eigenvalue weighted by atomic mass is 9.67. The minimum atomic E-state index is -3.02. The second-order valence-corrected chi connectivity index (χ2v) is 14.9. The Bertz CT molecular complexity index is 1120. The molecule has 6 nitrogen and oxygen atoms in total. The van der Waals surface area contributed by atoms with Crippen molar-refractivity contribution in [3.05, 3.63) is 90.0 Å². The standard InChI is InChI=1S/C29H36O6Si/c1-28(2,3)36(21-11-7-5-8-12-21,22-13-9-6-10-14-22)35-19-29(18-30)26(32)23-16-15-20(34-4)17-24(23)25(31)27(29)33/h5-17,25-27,30-33H,18-19H2,1-4H3/t25-,26-,27-,29-/m1/s1. The summed E-state index contributed by atoms with van der Waals surface area (Å²) in [5, 5.41) is 46.3. The molecule has 0 spiro atoms. The van der Waals surface area contributed by atoms with E-state index in [4.69, 9.17) is 9.16 Å². The molecule has 0 radical (unpaired) electrons. The van der Waals surface area contributed by atoms with Gasteiger partial charge in [0.15, 0.2) is 0 Å². The number of aliphatic hydroxyl groups is 4. The molecule has 192 valence electrons. The summed E-state index contributed by atoms with van der Waals surface area (Å²) >= 11 is 0. The van der Waals surface area contributed by atoms with E-state index in [1.165, 1.54) is 7.11 Å². The van der Waals surface area contributed by atoms with Crippen LogP contribution in [0.15, 0.2) is 78.9 Å². The lowest BCUT2D eigenvalue weighted by Gasteiger charge is -2.50. The predicted octanol–water partition coefficient (Wildman–Crippen LogP) is 2.69. The van der Waals surface area contributed by atoms with Crippen LogP contribution in [0.25, 0.3) is 0 Å². The molecule has 0 heterocycles. The van der Waals surface area contributed by atoms with Gasteiger partial charge in [-0.3, -0.25) is 0 Å². The third kappa shape index (κ3) is 4.20. The first kappa shape index (κ1) is 26.5. The molecule has 3 aromatic rings. The molecule has 0 unspecified atom stereocenters. The molecule has 4 N–H and O–H groups in total. The number of methoxy groups -OCH3 is 1. The van der Waals surface area contributed by atoms with Crippen LogP contribution in [0.1, 0.15) is 44.1 Å². The van der Waals surface area contributed by atoms with Gasteiger partial charge in [-0.15, -0.1) is 0 Å². The quantitative estimate of drug-likeness (QED) is 0.366. The monoisotopic (exact) mass is 508 g/mol. The Balaban J connectivity index is 1.83. The lowest BCUT2D eigenvalue weighted by Crippen LogP contribution is -2.68. The first-order valence-electron chi connectivity index (χ1n) is 12.2. The SMILES string of the molecule is COc1ccc2c(c1)[C@@H](O)[C@@H](O)[C@](CO)(CO[Si](c1ccccc1)(c1ccccc1)C(C)(C)C)[C@@H]2O. The Morgan fingerprint density at radius 3 is 1.86 bits per heavy atom. The molecule has 0 saturated carbocycles. The third-order valence-corrected chi connectivity index (χ3v) is 12.6. The maximum absolute atomic E-state index is 11.5. The van der Waals surface area contributed by atoms with Crippen LogP contribution in [0.5, 0.6) is 5.75 Å². The highest BCUT2D eigenvalue weighted by atomic mass is 28.4. The summed E-state index contributed by atoms with van der Waals surface area (Å²) in [4.78, 5) is 0. The van der Waals surface area contributed by atoms with E-state index in [2.05, 4.69) is 45.0 Å². The molecule has 1 aliphatic rings. The van der Waals surface area contributed by atoms with Crippen LogP contribution in [-0.4, -0.2) is 55.2 Å². The van der Waals surface area contributed by atoms with E-state index in [1.54, 1.807) is 18.2 Å². The van der Waals surface area contributed by atoms with E-state index >= 15 is 0 Å². The molecule has 0 saturated heterocycles. The Labute approximate surface area is 213 Å². The molecule has 1 aliphatic carbocycles. The zero-order valence-electron chi connectivity index (χ0n) is 21.3. The Hall–Kier alpha value is -2.52. The first-order valence-corrected chi connectivity index (χ1v) is 14.1. The van der Waals surface area contributed by atoms with Gasteiger partial charge in [-0.05, 0) is 38.7 Å². The molecule has 0 fully saturated rings. The summed E-state index contributed by atoms with van der Waals surface area (Å²) < 4.78 is 12.2. The molecule has 36 heavy (non-hydrogen) atoms. The molecule has 0 aliphatic heterocycles. The molecule has 0 aromatic heterocycles. The van der Waals surface area contributed by atoms with Crippen molar-refractivity contribution >= 4 is 18.7 Å². The summed E-state index contributed by atoms with van der Waals surface area (Å²) in [5.41, 5.74) is -0.716. The van der Waals surface area contributed by atoms with E-state index in [0.717, 1.165) is 10.4 Å². The number of fused-ring (bicyclic) bond motifs is 1. The van der Waals surface area contributed by atoms with Crippen LogP contribution in [0.4, 0.5) is 0 Å². The van der Waals surface area contributed by atoms with Gasteiger partial charge in [0.2, 0.25) is 0 Å². The fourth-order valence-electron chi connectivity index (χ4n) is 5.54. The summed E-state index contributed by atoms with van der Waals surface area (Å²) in [6.07, 6.45) is -4.05. The van der Waals surface area contributed by atoms with Gasteiger partial charge >= 0.3 is 0 Å². The van der Waals surface area contributed by atoms with E-state index in [9.17, 15) is 20.4 Å². The number of hydrogen-bond donors (Lipinski definition) is 4. The van der Waals surface area contributed by atoms with Crippen molar-refractivity contribution in [3.63, 3.8) is 0 Å². The second-order valence-electron chi connectivity index (χ2n) is 10.6. The lowest BCUT2D eigenvalue weighted by molar-refractivity contribution is -0.171. The number of hydrogen-bond acceptors (Lipinski definition) is 6. The van der Waals surface area contributed by atoms with Crippen molar-refractivity contribution in [1.29, 1.82) is 0 Å². The summed E-state index contributed by atoms with van der Waals surface area (Å²) in [7, 11) is -1.51. The molecular weight excluding hydrogens is 472 g/mol. The van der Waals surface area contributed by atoms with Crippen LogP contribution < -0.4 is 15.1 Å². The average Bonchev–Trinajstić information content (AvgIpc) is 2.89. The van der Waals surface area contributed by atoms with Gasteiger partial charge in [-0.25, -0.2) is 0 Å². The van der Waals surface area contributed by atoms with Crippen molar-refractivity contribution in [2.45, 2.75) is 44.1 Å². The maximum atomic E-state index is 11.5. The molecular formula is C29H36O6Si. The topological polar surface area (TPSA) is 99.4 Å². The van der Waals surface area contributed by atoms with Gasteiger partial charge in [-0.1, -0.05) is 87.5 Å². The summed E-state index contributed by atoms with van der Waals surface area (Å²) in [5.74, 6) is 0.507. The van der Waals surface area contributed by atoms with Crippen LogP contribution in [0, 0.1) is 5.41 Å². The van der Waals surface area contributed by atoms with E-state index in [-0.39, 0.29) is 11.6 Å². The van der Waals surface area contributed by atoms with Gasteiger partial charge < -0.3 is 29.6 Å². The normalized spacial score (nSPS) is 24.3. The minimum Gasteiger partial charge on any atom is -0.497 e. The average molecular weight is 509 g/mol. The molecule has 7 heteroatoms. The van der Waals surface area contributed by atoms with Gasteiger partial charge in [-0.2, -0.15) is 0 Å². The molecule has 4 rings (SSSR count). The van der Waals surface area contributed by atoms with E-state index in [0.29, 0.717) is 16.9 Å². The van der Waals surface area contributed by atoms with Crippen molar-refractivity contribution in [2.75, 3.05) is 20.3 Å². The molecule has 3 aromatic carbocycles. The van der Waals surface area contributed by atoms with Crippen LogP contribution in [0.3, 0.4) is 0 Å². The van der Waals surface area contributed by atoms with Crippen molar-refractivity contribution in [3.8, 4) is 5.75 Å². The van der Waals surface area contributed by atoms with E-state index in [1.807, 2.05) is 36.4 Å². The first-order chi connectivity index (χ1) is 17.1. The van der Waals surface area contributed by atoms with Crippen molar-refractivity contribution < 1.29 is 29.6 Å². The fraction of sp³-hybridized carbons (Fsp3) is 0.379. The number of ether oxygens (including phenoxy) is 1. The van der Waals surface area contributed by atoms with Gasteiger partial charge in [0.25, 0.3) is 8.32 Å². The Morgan fingerprint density at radius 1 is 0.833 bits per heavy atom. The molecule has 4 atom stereocenters. The maximum Gasteiger partial charge on any atom is 0.261 e. The molecule has 0 bridgehead atoms. The predicted molar refractivity (Wildman–Crippen MR) is 142 cm³/mol. The van der Waals surface area contributed by atoms with Crippen LogP contribution >= 0.6 is 0 Å².